The Kier molecular flexibility index (Phi) is 6.62. The number of thioether (sulfide) groups is 2. The average molecular weight is 383 g/mol. The van der Waals surface area contributed by atoms with Gasteiger partial charge in [-0.3, -0.25) is 10.8 Å². The number of hydrogen-bond donors (Lipinski definition) is 5. The van der Waals surface area contributed by atoms with Crippen LogP contribution in [0.1, 0.15) is 22.3 Å². The summed E-state index contributed by atoms with van der Waals surface area (Å²) in [4.78, 5) is 11.5. The molecule has 1 heterocycles. The molecule has 1 aromatic rings. The summed E-state index contributed by atoms with van der Waals surface area (Å²) in [6.07, 6.45) is 0.868. The van der Waals surface area contributed by atoms with Gasteiger partial charge in [-0.2, -0.15) is 11.8 Å². The molecule has 0 aromatic heterocycles. The predicted molar refractivity (Wildman–Crippen MR) is 100 cm³/mol. The van der Waals surface area contributed by atoms with Crippen molar-refractivity contribution in [3.05, 3.63) is 23.3 Å². The van der Waals surface area contributed by atoms with Crippen LogP contribution in [-0.4, -0.2) is 51.4 Å². The molecule has 11 heteroatoms. The summed E-state index contributed by atoms with van der Waals surface area (Å²) in [6, 6.07) is 3.30. The van der Waals surface area contributed by atoms with Crippen LogP contribution in [0, 0.1) is 10.8 Å². The van der Waals surface area contributed by atoms with Gasteiger partial charge >= 0.3 is 13.1 Å². The van der Waals surface area contributed by atoms with E-state index in [9.17, 15) is 14.9 Å². The lowest BCUT2D eigenvalue weighted by Gasteiger charge is -2.28. The summed E-state index contributed by atoms with van der Waals surface area (Å²) in [5.41, 5.74) is 5.82. The van der Waals surface area contributed by atoms with Crippen LogP contribution in [0.15, 0.2) is 12.1 Å². The SMILES string of the molecule is COc1ccc2c(c1C(=O)O)OB(O)C(SCCC(=N)SC(=N)N)C2. The fraction of sp³-hybridized carbons (Fsp3) is 0.357. The largest absolute Gasteiger partial charge is 0.536 e. The van der Waals surface area contributed by atoms with Gasteiger partial charge in [0, 0.05) is 6.42 Å². The lowest BCUT2D eigenvalue weighted by Crippen LogP contribution is -2.41. The van der Waals surface area contributed by atoms with Crippen molar-refractivity contribution in [2.45, 2.75) is 18.0 Å². The van der Waals surface area contributed by atoms with Crippen LogP contribution >= 0.6 is 23.5 Å². The van der Waals surface area contributed by atoms with Gasteiger partial charge < -0.3 is 25.3 Å². The highest BCUT2D eigenvalue weighted by atomic mass is 32.2. The Morgan fingerprint density at radius 3 is 2.84 bits per heavy atom. The number of rotatable bonds is 6. The molecule has 1 atom stereocenters. The first kappa shape index (κ1) is 19.5. The molecule has 0 saturated carbocycles. The van der Waals surface area contributed by atoms with E-state index < -0.39 is 13.1 Å². The predicted octanol–water partition coefficient (Wildman–Crippen LogP) is 1.44. The third-order valence-corrected chi connectivity index (χ3v) is 5.44. The van der Waals surface area contributed by atoms with Crippen molar-refractivity contribution in [1.82, 2.24) is 0 Å². The summed E-state index contributed by atoms with van der Waals surface area (Å²) < 4.78 is 10.5. The molecule has 0 aliphatic carbocycles. The zero-order valence-corrected chi connectivity index (χ0v) is 15.1. The van der Waals surface area contributed by atoms with Crippen molar-refractivity contribution >= 4 is 46.8 Å². The molecular weight excluding hydrogens is 365 g/mol. The normalized spacial score (nSPS) is 15.9. The van der Waals surface area contributed by atoms with Crippen molar-refractivity contribution < 1.29 is 24.3 Å². The maximum Gasteiger partial charge on any atom is 0.536 e. The van der Waals surface area contributed by atoms with Gasteiger partial charge in [-0.1, -0.05) is 6.07 Å². The second kappa shape index (κ2) is 8.50. The van der Waals surface area contributed by atoms with E-state index in [4.69, 9.17) is 25.9 Å². The first-order valence-corrected chi connectivity index (χ1v) is 9.18. The number of nitrogens with two attached hydrogens (primary N) is 1. The zero-order chi connectivity index (χ0) is 18.6. The minimum atomic E-state index is -1.18. The van der Waals surface area contributed by atoms with Crippen molar-refractivity contribution in [3.8, 4) is 11.5 Å². The molecule has 0 saturated heterocycles. The fourth-order valence-electron chi connectivity index (χ4n) is 2.42. The first-order chi connectivity index (χ1) is 11.8. The monoisotopic (exact) mass is 383 g/mol. The van der Waals surface area contributed by atoms with E-state index in [2.05, 4.69) is 0 Å². The van der Waals surface area contributed by atoms with Gasteiger partial charge in [-0.15, -0.1) is 0 Å². The van der Waals surface area contributed by atoms with Crippen LogP contribution in [0.3, 0.4) is 0 Å². The quantitative estimate of drug-likeness (QED) is 0.281. The van der Waals surface area contributed by atoms with Gasteiger partial charge in [0.15, 0.2) is 5.17 Å². The van der Waals surface area contributed by atoms with E-state index in [-0.39, 0.29) is 32.4 Å². The third kappa shape index (κ3) is 4.83. The smallest absolute Gasteiger partial charge is 0.534 e. The molecule has 134 valence electrons. The Balaban J connectivity index is 2.06. The molecule has 1 aromatic carbocycles. The number of benzene rings is 1. The summed E-state index contributed by atoms with van der Waals surface area (Å²) in [7, 11) is 0.220. The summed E-state index contributed by atoms with van der Waals surface area (Å²) in [6.45, 7) is 0. The number of carboxylic acid groups (broad SMARTS) is 1. The summed E-state index contributed by atoms with van der Waals surface area (Å²) >= 11 is 2.33. The molecule has 0 bridgehead atoms. The maximum atomic E-state index is 11.5. The van der Waals surface area contributed by atoms with Crippen LogP contribution < -0.4 is 15.1 Å². The Labute approximate surface area is 153 Å². The highest BCUT2D eigenvalue weighted by molar-refractivity contribution is 8.26. The second-order valence-electron chi connectivity index (χ2n) is 5.20. The molecule has 0 amide bonds. The first-order valence-electron chi connectivity index (χ1n) is 7.32. The number of methoxy groups -OCH3 is 1. The van der Waals surface area contributed by atoms with E-state index in [0.29, 0.717) is 24.2 Å². The van der Waals surface area contributed by atoms with Crippen molar-refractivity contribution in [1.29, 1.82) is 10.8 Å². The van der Waals surface area contributed by atoms with Crippen molar-refractivity contribution in [2.24, 2.45) is 5.73 Å². The standard InChI is InChI=1S/C14H18BN3O5S2/c1-22-8-3-2-7-6-9(24-5-4-10(16)25-14(17)18)15(21)23-12(7)11(8)13(19)20/h2-3,9,16,21H,4-6H2,1H3,(H3,17,18)(H,19,20). The van der Waals surface area contributed by atoms with Gasteiger partial charge in [0.1, 0.15) is 17.1 Å². The second-order valence-corrected chi connectivity index (χ2v) is 7.68. The number of aromatic carboxylic acids is 1. The minimum absolute atomic E-state index is 0.0952. The van der Waals surface area contributed by atoms with Gasteiger partial charge in [0.2, 0.25) is 0 Å². The summed E-state index contributed by atoms with van der Waals surface area (Å²) in [5, 5.41) is 34.3. The van der Waals surface area contributed by atoms with E-state index in [1.54, 1.807) is 12.1 Å². The topological polar surface area (TPSA) is 150 Å². The molecular formula is C14H18BN3O5S2. The van der Waals surface area contributed by atoms with Crippen LogP contribution in [-0.2, 0) is 6.42 Å². The van der Waals surface area contributed by atoms with E-state index >= 15 is 0 Å². The van der Waals surface area contributed by atoms with Crippen molar-refractivity contribution in [3.63, 3.8) is 0 Å². The molecule has 1 aliphatic heterocycles. The third-order valence-electron chi connectivity index (χ3n) is 3.51. The molecule has 1 unspecified atom stereocenters. The van der Waals surface area contributed by atoms with Gasteiger partial charge in [0.05, 0.1) is 17.3 Å². The van der Waals surface area contributed by atoms with Gasteiger partial charge in [0.25, 0.3) is 0 Å². The van der Waals surface area contributed by atoms with Gasteiger partial charge in [-0.05, 0) is 35.6 Å². The minimum Gasteiger partial charge on any atom is -0.534 e. The molecule has 8 nitrogen and oxygen atoms in total. The lowest BCUT2D eigenvalue weighted by atomic mass is 9.77. The summed E-state index contributed by atoms with van der Waals surface area (Å²) in [5.74, 6) is -0.307. The molecule has 2 rings (SSSR count). The van der Waals surface area contributed by atoms with E-state index in [1.807, 2.05) is 0 Å². The Morgan fingerprint density at radius 1 is 1.52 bits per heavy atom. The number of nitrogens with one attached hydrogen (secondary N) is 2. The lowest BCUT2D eigenvalue weighted by molar-refractivity contribution is 0.0690. The Morgan fingerprint density at radius 2 is 2.24 bits per heavy atom. The molecule has 6 N–H and O–H groups in total. The number of amidine groups is 1. The Bertz CT molecular complexity index is 703. The molecule has 0 radical (unpaired) electrons. The van der Waals surface area contributed by atoms with E-state index in [1.165, 1.54) is 18.9 Å². The molecule has 1 aliphatic rings. The highest BCUT2D eigenvalue weighted by Gasteiger charge is 2.38. The number of carboxylic acids is 1. The molecule has 0 spiro atoms. The number of fused-ring (bicyclic) bond motifs is 1. The average Bonchev–Trinajstić information content (AvgIpc) is 2.53. The van der Waals surface area contributed by atoms with Crippen LogP contribution in [0.5, 0.6) is 11.5 Å². The molecule has 0 fully saturated rings. The zero-order valence-electron chi connectivity index (χ0n) is 13.4. The highest BCUT2D eigenvalue weighted by Crippen LogP contribution is 2.38. The maximum absolute atomic E-state index is 11.5. The van der Waals surface area contributed by atoms with Crippen LogP contribution in [0.4, 0.5) is 0 Å². The number of carbonyl (C=O) groups is 1. The van der Waals surface area contributed by atoms with Crippen LogP contribution in [0.2, 0.25) is 0 Å². The fourth-order valence-corrected chi connectivity index (χ4v) is 4.16. The van der Waals surface area contributed by atoms with Crippen LogP contribution in [0.25, 0.3) is 0 Å². The van der Waals surface area contributed by atoms with Crippen molar-refractivity contribution in [2.75, 3.05) is 12.9 Å². The van der Waals surface area contributed by atoms with Gasteiger partial charge in [-0.25, -0.2) is 4.79 Å². The Hall–Kier alpha value is -1.85. The number of ether oxygens (including phenoxy) is 1. The molecule has 25 heavy (non-hydrogen) atoms. The number of hydrogen-bond acceptors (Lipinski definition) is 8. The van der Waals surface area contributed by atoms with E-state index in [0.717, 1.165) is 11.8 Å².